The molecule has 4 N–H and O–H groups in total. The van der Waals surface area contributed by atoms with Crippen molar-refractivity contribution in [1.29, 1.82) is 0 Å². The van der Waals surface area contributed by atoms with Crippen LogP contribution in [0.15, 0.2) is 151 Å². The van der Waals surface area contributed by atoms with Crippen molar-refractivity contribution in [2.45, 2.75) is 133 Å². The number of anilines is 2. The highest BCUT2D eigenvalue weighted by Gasteiger charge is 2.34. The summed E-state index contributed by atoms with van der Waals surface area (Å²) in [5, 5.41) is 64.2. The second-order valence-corrected chi connectivity index (χ2v) is 28.7. The first kappa shape index (κ1) is 78.1. The molecule has 9 aromatic rings. The Bertz CT molecular complexity index is 5400. The Morgan fingerprint density at radius 3 is 1.35 bits per heavy atom. The third kappa shape index (κ3) is 18.6. The Morgan fingerprint density at radius 2 is 0.882 bits per heavy atom. The molecule has 572 valence electrons. The van der Waals surface area contributed by atoms with Crippen molar-refractivity contribution < 1.29 is 57.6 Å². The van der Waals surface area contributed by atoms with Crippen LogP contribution in [-0.2, 0) is 0 Å². The Kier molecular flexibility index (Phi) is 24.4. The number of benzene rings is 6. The highest BCUT2D eigenvalue weighted by Crippen LogP contribution is 2.44. The molecule has 6 aliphatic rings. The Balaban J connectivity index is 0.000000143. The number of rotatable bonds is 17. The summed E-state index contributed by atoms with van der Waals surface area (Å²) in [4.78, 5) is 121. The number of hydrogen-bond donors (Lipinski definition) is 4. The normalized spacial score (nSPS) is 18.2. The molecular weight excluding hydrogens is 1470 g/mol. The summed E-state index contributed by atoms with van der Waals surface area (Å²) in [6.07, 6.45) is 22.6. The number of fused-ring (bicyclic) bond motifs is 3. The second kappa shape index (κ2) is 34.4. The van der Waals surface area contributed by atoms with Crippen LogP contribution in [0.1, 0.15) is 162 Å². The molecule has 6 aromatic carbocycles. The third-order valence-corrected chi connectivity index (χ3v) is 20.5. The molecule has 32 heteroatoms. The van der Waals surface area contributed by atoms with Crippen LogP contribution in [-0.4, -0.2) is 138 Å². The highest BCUT2D eigenvalue weighted by atomic mass is 35.5. The SMILES string of the molecule is O=C(O)c1cn(C2CC2)c2c(Cl)c(N3CCCC[C@@H](N=Cc4cccc([N+](=O)[O-])c4)C3)c(F)cc2c1=O.O=C(O)c1cn(C2CC2)c2cc(Cl)c(F)cc2c1=O.O=C(O)c1cn(C2CC2)c2cc(N3CCCC[C@@H](N=Cc4cccc([N+](=O)[O-])c4)C3)c(F)cc2c1=O.O=[N+]([O-])c1cccc(C=N[C@@H]2CCCCNC2)c1. The van der Waals surface area contributed by atoms with Crippen LogP contribution in [0.4, 0.5) is 41.6 Å². The van der Waals surface area contributed by atoms with Gasteiger partial charge >= 0.3 is 17.9 Å². The molecule has 27 nitrogen and oxygen atoms in total. The summed E-state index contributed by atoms with van der Waals surface area (Å²) in [5.41, 5.74) is 0.726. The van der Waals surface area contributed by atoms with E-state index in [0.29, 0.717) is 59.5 Å². The number of halogens is 5. The summed E-state index contributed by atoms with van der Waals surface area (Å²) in [6, 6.07) is 25.5. The van der Waals surface area contributed by atoms with Crippen LogP contribution >= 0.6 is 23.2 Å². The summed E-state index contributed by atoms with van der Waals surface area (Å²) in [5.74, 6) is -5.99. The maximum Gasteiger partial charge on any atom is 0.341 e. The molecule has 0 unspecified atom stereocenters. The molecule has 0 spiro atoms. The van der Waals surface area contributed by atoms with E-state index in [1.165, 1.54) is 67.8 Å². The van der Waals surface area contributed by atoms with Gasteiger partial charge in [0.05, 0.1) is 76.3 Å². The van der Waals surface area contributed by atoms with E-state index in [4.69, 9.17) is 28.3 Å². The molecule has 0 bridgehead atoms. The molecule has 15 rings (SSSR count). The quantitative estimate of drug-likeness (QED) is 0.0374. The number of aromatic carboxylic acids is 3. The van der Waals surface area contributed by atoms with Crippen molar-refractivity contribution in [3.05, 3.63) is 244 Å². The van der Waals surface area contributed by atoms with Gasteiger partial charge in [0.25, 0.3) is 17.1 Å². The van der Waals surface area contributed by atoms with Crippen LogP contribution < -0.4 is 31.4 Å². The zero-order valence-corrected chi connectivity index (χ0v) is 60.7. The molecule has 3 aliphatic heterocycles. The van der Waals surface area contributed by atoms with Crippen molar-refractivity contribution in [2.24, 2.45) is 15.0 Å². The fourth-order valence-corrected chi connectivity index (χ4v) is 14.4. The fourth-order valence-electron chi connectivity index (χ4n) is 13.8. The molecule has 6 fully saturated rings. The third-order valence-electron chi connectivity index (χ3n) is 19.9. The smallest absolute Gasteiger partial charge is 0.341 e. The van der Waals surface area contributed by atoms with E-state index in [1.807, 2.05) is 15.9 Å². The number of non-ortho nitro benzene ring substituents is 3. The molecule has 3 aliphatic carbocycles. The monoisotopic (exact) mass is 1550 g/mol. The van der Waals surface area contributed by atoms with E-state index in [-0.39, 0.29) is 101 Å². The van der Waals surface area contributed by atoms with Crippen molar-refractivity contribution in [3.63, 3.8) is 0 Å². The molecule has 3 saturated carbocycles. The molecule has 110 heavy (non-hydrogen) atoms. The van der Waals surface area contributed by atoms with Gasteiger partial charge in [0.1, 0.15) is 34.1 Å². The number of nitrogens with one attached hydrogen (secondary N) is 1. The number of nitrogens with zero attached hydrogens (tertiary/aromatic N) is 11. The fraction of sp³-hybridized carbons (Fsp3) is 0.346. The topological polar surface area (TPSA) is 363 Å². The minimum Gasteiger partial charge on any atom is -0.477 e. The van der Waals surface area contributed by atoms with Gasteiger partial charge in [0.2, 0.25) is 16.3 Å². The lowest BCUT2D eigenvalue weighted by Gasteiger charge is -2.27. The predicted octanol–water partition coefficient (Wildman–Crippen LogP) is 14.8. The summed E-state index contributed by atoms with van der Waals surface area (Å²) >= 11 is 12.5. The average molecular weight is 1550 g/mol. The van der Waals surface area contributed by atoms with Crippen molar-refractivity contribution >= 4 is 121 Å². The molecule has 0 amide bonds. The lowest BCUT2D eigenvalue weighted by molar-refractivity contribution is -0.385. The van der Waals surface area contributed by atoms with Gasteiger partial charge in [0.15, 0.2) is 0 Å². The van der Waals surface area contributed by atoms with Crippen LogP contribution in [0.5, 0.6) is 0 Å². The zero-order chi connectivity index (χ0) is 78.2. The van der Waals surface area contributed by atoms with Gasteiger partial charge in [0, 0.05) is 135 Å². The molecule has 3 saturated heterocycles. The number of nitro benzene ring substituents is 3. The minimum atomic E-state index is -1.36. The number of pyridine rings is 3. The van der Waals surface area contributed by atoms with Gasteiger partial charge in [-0.25, -0.2) is 27.6 Å². The van der Waals surface area contributed by atoms with E-state index in [1.54, 1.807) is 74.8 Å². The lowest BCUT2D eigenvalue weighted by Crippen LogP contribution is -2.31. The largest absolute Gasteiger partial charge is 0.477 e. The van der Waals surface area contributed by atoms with Crippen molar-refractivity contribution in [2.75, 3.05) is 49.1 Å². The van der Waals surface area contributed by atoms with Crippen LogP contribution in [0.3, 0.4) is 0 Å². The molecule has 6 heterocycles. The minimum absolute atomic E-state index is 0.00700. The van der Waals surface area contributed by atoms with Crippen molar-refractivity contribution in [1.82, 2.24) is 19.0 Å². The number of nitro groups is 3. The first-order valence-corrected chi connectivity index (χ1v) is 36.8. The molecule has 3 aromatic heterocycles. The van der Waals surface area contributed by atoms with Gasteiger partial charge in [-0.3, -0.25) is 59.7 Å². The average Bonchev–Trinajstić information content (AvgIpc) is 1.20. The number of hydrogen-bond acceptors (Lipinski definition) is 18. The van der Waals surface area contributed by atoms with Gasteiger partial charge in [-0.05, 0) is 143 Å². The maximum atomic E-state index is 15.5. The van der Waals surface area contributed by atoms with E-state index in [9.17, 15) is 73.7 Å². The standard InChI is InChI=1S/C26H24ClFN4O5.C26H25FN4O5.C13H9ClFNO3.C13H17N3O2/c27-22-23-19(25(33)20(26(34)35)14-31(23)17-7-8-17)11-21(28)24(22)30-9-2-1-5-16(13-30)29-12-15-4-3-6-18(10-15)32(36)37;27-22-11-20-23(30(18-7-8-18)15-21(25(20)32)26(33)34)12-24(22)29-9-2-1-5-17(14-29)28-13-16-4-3-6-19(10-16)31(35)36;14-9-4-11-7(3-10(9)15)12(17)8(13(18)19)5-16(11)6-1-2-6;17-16(18)13-6-3-4-11(8-13)9-15-12-5-1-2-7-14-10-12/h3-4,6,10-12,14,16-17H,1-2,5,7-9,13H2,(H,34,35);3-4,6,10-13,15,17-18H,1-2,5,7-9,14H2,(H,33,34);3-6H,1-2H2,(H,18,19);3-4,6,8-9,12,14H,1-2,5,7,10H2/t16-;17-;;12-/m11.1/s1. The Hall–Kier alpha value is -11.5. The maximum absolute atomic E-state index is 15.5. The van der Waals surface area contributed by atoms with Crippen molar-refractivity contribution in [3.8, 4) is 0 Å². The predicted molar refractivity (Wildman–Crippen MR) is 412 cm³/mol. The molecule has 3 atom stereocenters. The van der Waals surface area contributed by atoms with E-state index >= 15 is 8.78 Å². The number of aromatic nitrogens is 3. The Morgan fingerprint density at radius 1 is 0.482 bits per heavy atom. The van der Waals surface area contributed by atoms with E-state index in [2.05, 4.69) is 20.3 Å². The zero-order valence-electron chi connectivity index (χ0n) is 59.1. The second-order valence-electron chi connectivity index (χ2n) is 27.9. The molecular formula is C78H75Cl2F3N12O15. The summed E-state index contributed by atoms with van der Waals surface area (Å²) < 4.78 is 49.6. The van der Waals surface area contributed by atoms with Crippen LogP contribution in [0.2, 0.25) is 10.0 Å². The van der Waals surface area contributed by atoms with E-state index in [0.717, 1.165) is 120 Å². The van der Waals surface area contributed by atoms with Gasteiger partial charge in [-0.2, -0.15) is 0 Å². The molecule has 0 radical (unpaired) electrons. The van der Waals surface area contributed by atoms with Gasteiger partial charge in [-0.15, -0.1) is 0 Å². The lowest BCUT2D eigenvalue weighted by atomic mass is 10.1. The van der Waals surface area contributed by atoms with Gasteiger partial charge < -0.3 is 44.1 Å². The number of carbonyl (C=O) groups is 3. The Labute approximate surface area is 634 Å². The van der Waals surface area contributed by atoms with E-state index < -0.39 is 67.1 Å². The number of carboxylic acid groups (broad SMARTS) is 3. The number of carboxylic acids is 3. The number of aliphatic imine (C=N–C) groups is 3. The van der Waals surface area contributed by atoms with Gasteiger partial charge in [-0.1, -0.05) is 66.0 Å². The first-order chi connectivity index (χ1) is 52.8. The highest BCUT2D eigenvalue weighted by molar-refractivity contribution is 6.38. The first-order valence-electron chi connectivity index (χ1n) is 36.0. The summed E-state index contributed by atoms with van der Waals surface area (Å²) in [6.45, 7) is 3.93. The summed E-state index contributed by atoms with van der Waals surface area (Å²) in [7, 11) is 0. The van der Waals surface area contributed by atoms with Crippen LogP contribution in [0.25, 0.3) is 32.7 Å². The van der Waals surface area contributed by atoms with Crippen LogP contribution in [0, 0.1) is 47.8 Å².